The molecule has 0 aliphatic rings. The third kappa shape index (κ3) is 5.08. The largest absolute Gasteiger partial charge is 0.456 e. The van der Waals surface area contributed by atoms with Gasteiger partial charge in [-0.3, -0.25) is 0 Å². The predicted octanol–water partition coefficient (Wildman–Crippen LogP) is 13.4. The molecule has 0 radical (unpaired) electrons. The van der Waals surface area contributed by atoms with Crippen LogP contribution in [0.25, 0.3) is 43.5 Å². The highest BCUT2D eigenvalue weighted by Gasteiger charge is 2.18. The van der Waals surface area contributed by atoms with Crippen molar-refractivity contribution in [3.8, 4) is 0 Å². The Kier molecular flexibility index (Phi) is 6.91. The van der Waals surface area contributed by atoms with Crippen molar-refractivity contribution in [3.63, 3.8) is 0 Å². The average Bonchev–Trinajstić information content (AvgIpc) is 3.53. The van der Waals surface area contributed by atoms with Crippen molar-refractivity contribution >= 4 is 77.6 Å². The number of furan rings is 1. The van der Waals surface area contributed by atoms with E-state index in [9.17, 15) is 0 Å². The van der Waals surface area contributed by atoms with E-state index in [1.165, 1.54) is 32.7 Å². The molecule has 1 aromatic heterocycles. The average molecular weight is 631 g/mol. The Bertz CT molecular complexity index is 2460. The van der Waals surface area contributed by atoms with Gasteiger partial charge in [-0.05, 0) is 131 Å². The maximum absolute atomic E-state index is 6.51. The van der Waals surface area contributed by atoms with E-state index in [0.29, 0.717) is 0 Å². The summed E-state index contributed by atoms with van der Waals surface area (Å²) in [5.74, 6) is 0. The second kappa shape index (κ2) is 11.7. The molecule has 3 heteroatoms. The van der Waals surface area contributed by atoms with Gasteiger partial charge in [0.05, 0.1) is 0 Å². The minimum absolute atomic E-state index is 0.899. The molecular formula is C46H34N2O. The van der Waals surface area contributed by atoms with Gasteiger partial charge in [-0.1, -0.05) is 84.9 Å². The molecule has 0 amide bonds. The molecule has 9 rings (SSSR count). The Labute approximate surface area is 285 Å². The van der Waals surface area contributed by atoms with Crippen LogP contribution in [0.3, 0.4) is 0 Å². The monoisotopic (exact) mass is 630 g/mol. The van der Waals surface area contributed by atoms with Gasteiger partial charge in [0.2, 0.25) is 0 Å². The van der Waals surface area contributed by atoms with Crippen molar-refractivity contribution in [3.05, 3.63) is 181 Å². The number of nitrogens with zero attached hydrogens (tertiary/aromatic N) is 2. The van der Waals surface area contributed by atoms with Gasteiger partial charge in [0, 0.05) is 44.9 Å². The van der Waals surface area contributed by atoms with E-state index in [1.807, 2.05) is 0 Å². The lowest BCUT2D eigenvalue weighted by Crippen LogP contribution is -2.10. The maximum Gasteiger partial charge on any atom is 0.136 e. The van der Waals surface area contributed by atoms with Gasteiger partial charge in [0.25, 0.3) is 0 Å². The van der Waals surface area contributed by atoms with Crippen molar-refractivity contribution < 1.29 is 4.42 Å². The fourth-order valence-corrected chi connectivity index (χ4v) is 7.26. The van der Waals surface area contributed by atoms with Crippen molar-refractivity contribution in [1.29, 1.82) is 0 Å². The molecule has 0 N–H and O–H groups in total. The summed E-state index contributed by atoms with van der Waals surface area (Å²) in [5, 5.41) is 7.00. The summed E-state index contributed by atoms with van der Waals surface area (Å²) in [5.41, 5.74) is 11.0. The number of hydrogen-bond acceptors (Lipinski definition) is 3. The summed E-state index contributed by atoms with van der Waals surface area (Å²) in [6.45, 7) is 4.28. The van der Waals surface area contributed by atoms with Crippen LogP contribution < -0.4 is 9.80 Å². The number of benzene rings is 8. The van der Waals surface area contributed by atoms with E-state index in [2.05, 4.69) is 194 Å². The first-order valence-electron chi connectivity index (χ1n) is 16.8. The van der Waals surface area contributed by atoms with Gasteiger partial charge in [0.15, 0.2) is 0 Å². The molecular weight excluding hydrogens is 597 g/mol. The Morgan fingerprint density at radius 1 is 0.347 bits per heavy atom. The van der Waals surface area contributed by atoms with Crippen LogP contribution in [0, 0.1) is 13.8 Å². The van der Waals surface area contributed by atoms with E-state index in [1.54, 1.807) is 0 Å². The first-order valence-corrected chi connectivity index (χ1v) is 16.8. The van der Waals surface area contributed by atoms with Crippen LogP contribution in [0.4, 0.5) is 34.1 Å². The first kappa shape index (κ1) is 28.9. The zero-order valence-electron chi connectivity index (χ0n) is 27.5. The molecule has 3 nitrogen and oxygen atoms in total. The van der Waals surface area contributed by atoms with Crippen molar-refractivity contribution in [2.45, 2.75) is 13.8 Å². The molecule has 0 saturated heterocycles. The minimum atomic E-state index is 0.899. The normalized spacial score (nSPS) is 11.5. The quantitative estimate of drug-likeness (QED) is 0.182. The lowest BCUT2D eigenvalue weighted by Gasteiger charge is -2.26. The molecule has 0 spiro atoms. The molecule has 0 aliphatic heterocycles. The van der Waals surface area contributed by atoms with Gasteiger partial charge < -0.3 is 14.2 Å². The van der Waals surface area contributed by atoms with E-state index in [-0.39, 0.29) is 0 Å². The Balaban J connectivity index is 1.22. The predicted molar refractivity (Wildman–Crippen MR) is 208 cm³/mol. The fourth-order valence-electron chi connectivity index (χ4n) is 7.26. The Morgan fingerprint density at radius 2 is 0.755 bits per heavy atom. The molecule has 234 valence electrons. The minimum Gasteiger partial charge on any atom is -0.456 e. The second-order valence-corrected chi connectivity index (χ2v) is 12.8. The van der Waals surface area contributed by atoms with Crippen LogP contribution in [0.2, 0.25) is 0 Å². The second-order valence-electron chi connectivity index (χ2n) is 12.8. The fraction of sp³-hybridized carbons (Fsp3) is 0.0435. The summed E-state index contributed by atoms with van der Waals surface area (Å²) in [6, 6.07) is 60.7. The standard InChI is InChI=1S/C46H34N2O/c1-31-11-9-17-37(27-31)47(35-13-5-3-6-14-35)39-21-23-41-33(29-39)19-25-43-45(41)46-42-24-22-40(30-34(42)20-26-44(46)49-43)48(36-15-7-4-8-16-36)38-18-10-12-32(2)28-38/h3-30H,1-2H3. The molecule has 8 aromatic carbocycles. The highest BCUT2D eigenvalue weighted by Crippen LogP contribution is 2.43. The van der Waals surface area contributed by atoms with Crippen LogP contribution in [0.1, 0.15) is 11.1 Å². The number of para-hydroxylation sites is 2. The SMILES string of the molecule is Cc1cccc(N(c2ccccc2)c2ccc3c(ccc4oc5ccc6cc(N(c7ccccc7)c7cccc(C)c7)ccc6c5c43)c2)c1. The number of rotatable bonds is 6. The summed E-state index contributed by atoms with van der Waals surface area (Å²) in [7, 11) is 0. The third-order valence-corrected chi connectivity index (χ3v) is 9.47. The van der Waals surface area contributed by atoms with Crippen LogP contribution in [-0.4, -0.2) is 0 Å². The smallest absolute Gasteiger partial charge is 0.136 e. The molecule has 0 fully saturated rings. The molecule has 49 heavy (non-hydrogen) atoms. The van der Waals surface area contributed by atoms with Gasteiger partial charge >= 0.3 is 0 Å². The van der Waals surface area contributed by atoms with Gasteiger partial charge in [-0.2, -0.15) is 0 Å². The van der Waals surface area contributed by atoms with Crippen LogP contribution in [0.5, 0.6) is 0 Å². The number of hydrogen-bond donors (Lipinski definition) is 0. The highest BCUT2D eigenvalue weighted by atomic mass is 16.3. The van der Waals surface area contributed by atoms with Crippen molar-refractivity contribution in [2.75, 3.05) is 9.80 Å². The first-order chi connectivity index (χ1) is 24.1. The van der Waals surface area contributed by atoms with Gasteiger partial charge in [-0.15, -0.1) is 0 Å². The molecule has 0 atom stereocenters. The molecule has 1 heterocycles. The molecule has 0 saturated carbocycles. The van der Waals surface area contributed by atoms with Gasteiger partial charge in [0.1, 0.15) is 11.2 Å². The van der Waals surface area contributed by atoms with E-state index < -0.39 is 0 Å². The van der Waals surface area contributed by atoms with E-state index >= 15 is 0 Å². The maximum atomic E-state index is 6.51. The third-order valence-electron chi connectivity index (χ3n) is 9.47. The van der Waals surface area contributed by atoms with Crippen LogP contribution in [0.15, 0.2) is 174 Å². The summed E-state index contributed by atoms with van der Waals surface area (Å²) >= 11 is 0. The van der Waals surface area contributed by atoms with Crippen molar-refractivity contribution in [2.24, 2.45) is 0 Å². The number of aryl methyl sites for hydroxylation is 2. The number of fused-ring (bicyclic) bond motifs is 7. The summed E-state index contributed by atoms with van der Waals surface area (Å²) < 4.78 is 6.51. The van der Waals surface area contributed by atoms with Crippen LogP contribution in [-0.2, 0) is 0 Å². The van der Waals surface area contributed by atoms with Crippen LogP contribution >= 0.6 is 0 Å². The molecule has 0 unspecified atom stereocenters. The summed E-state index contributed by atoms with van der Waals surface area (Å²) in [6.07, 6.45) is 0. The Morgan fingerprint density at radius 3 is 1.18 bits per heavy atom. The number of anilines is 6. The lowest BCUT2D eigenvalue weighted by molar-refractivity contribution is 0.669. The molecule has 9 aromatic rings. The van der Waals surface area contributed by atoms with Crippen molar-refractivity contribution in [1.82, 2.24) is 0 Å². The molecule has 0 bridgehead atoms. The zero-order chi connectivity index (χ0) is 32.9. The van der Waals surface area contributed by atoms with Gasteiger partial charge in [-0.25, -0.2) is 0 Å². The summed E-state index contributed by atoms with van der Waals surface area (Å²) in [4.78, 5) is 4.65. The zero-order valence-corrected chi connectivity index (χ0v) is 27.5. The lowest BCUT2D eigenvalue weighted by atomic mass is 9.98. The van der Waals surface area contributed by atoms with E-state index in [4.69, 9.17) is 4.42 Å². The Hall–Kier alpha value is -6.32. The highest BCUT2D eigenvalue weighted by molar-refractivity contribution is 6.26. The topological polar surface area (TPSA) is 19.6 Å². The molecule has 0 aliphatic carbocycles. The van der Waals surface area contributed by atoms with E-state index in [0.717, 1.165) is 56.1 Å².